The van der Waals surface area contributed by atoms with Crippen LogP contribution < -0.4 is 10.1 Å². The first-order valence-electron chi connectivity index (χ1n) is 10.9. The lowest BCUT2D eigenvalue weighted by Gasteiger charge is -2.30. The fourth-order valence-corrected chi connectivity index (χ4v) is 6.39. The number of piperidine rings is 1. The molecule has 1 aliphatic rings. The molecule has 1 saturated heterocycles. The number of amides is 1. The molecule has 1 fully saturated rings. The van der Waals surface area contributed by atoms with Gasteiger partial charge in [0.15, 0.2) is 22.2 Å². The number of carbonyl (C=O) groups excluding carboxylic acids is 1. The lowest BCUT2D eigenvalue weighted by atomic mass is 9.97. The number of fused-ring (bicyclic) bond motifs is 1. The molecule has 3 heterocycles. The van der Waals surface area contributed by atoms with Crippen molar-refractivity contribution < 1.29 is 22.4 Å². The summed E-state index contributed by atoms with van der Waals surface area (Å²) in [4.78, 5) is 17.5. The van der Waals surface area contributed by atoms with Gasteiger partial charge in [-0.25, -0.2) is 13.4 Å². The number of nitrogens with zero attached hydrogens (tertiary/aromatic N) is 2. The Hall–Kier alpha value is -2.92. The minimum atomic E-state index is -3.62. The molecule has 11 heteroatoms. The van der Waals surface area contributed by atoms with Crippen molar-refractivity contribution in [3.05, 3.63) is 58.9 Å². The summed E-state index contributed by atoms with van der Waals surface area (Å²) in [5.41, 5.74) is 1.26. The molecule has 1 amide bonds. The Bertz CT molecular complexity index is 1470. The van der Waals surface area contributed by atoms with Crippen LogP contribution in [0.15, 0.2) is 63.2 Å². The minimum Gasteiger partial charge on any atom is -0.493 e. The number of nitrogens with one attached hydrogen (secondary N) is 1. The predicted molar refractivity (Wildman–Crippen MR) is 135 cm³/mol. The number of anilines is 1. The summed E-state index contributed by atoms with van der Waals surface area (Å²) in [5.74, 6) is 0.763. The van der Waals surface area contributed by atoms with E-state index in [0.29, 0.717) is 45.8 Å². The van der Waals surface area contributed by atoms with Gasteiger partial charge in [0.05, 0.1) is 12.0 Å². The van der Waals surface area contributed by atoms with Gasteiger partial charge in [-0.1, -0.05) is 23.7 Å². The SMILES string of the molecule is COc1cccc2cc(-c3csc(NC(=O)C4CCN(S(=O)(=O)c5ccc(Cl)cc5)CC4)n3)oc12. The molecule has 0 spiro atoms. The van der Waals surface area contributed by atoms with Gasteiger partial charge in [0.25, 0.3) is 0 Å². The van der Waals surface area contributed by atoms with Crippen molar-refractivity contribution in [2.24, 2.45) is 5.92 Å². The number of carbonyl (C=O) groups is 1. The smallest absolute Gasteiger partial charge is 0.243 e. The highest BCUT2D eigenvalue weighted by Gasteiger charge is 2.32. The van der Waals surface area contributed by atoms with Crippen LogP contribution in [0.5, 0.6) is 5.75 Å². The highest BCUT2D eigenvalue weighted by atomic mass is 35.5. The maximum atomic E-state index is 12.9. The number of para-hydroxylation sites is 1. The molecular formula is C24H22ClN3O5S2. The molecule has 0 bridgehead atoms. The maximum Gasteiger partial charge on any atom is 0.243 e. The Kier molecular flexibility index (Phi) is 6.54. The fraction of sp³-hybridized carbons (Fsp3) is 0.250. The van der Waals surface area contributed by atoms with E-state index in [1.807, 2.05) is 29.6 Å². The second kappa shape index (κ2) is 9.62. The Morgan fingerprint density at radius 1 is 1.20 bits per heavy atom. The highest BCUT2D eigenvalue weighted by Crippen LogP contribution is 2.35. The van der Waals surface area contributed by atoms with Crippen LogP contribution in [0.1, 0.15) is 12.8 Å². The molecule has 4 aromatic rings. The third kappa shape index (κ3) is 4.79. The first kappa shape index (κ1) is 23.8. The Balaban J connectivity index is 1.22. The number of ether oxygens (including phenoxy) is 1. The predicted octanol–water partition coefficient (Wildman–Crippen LogP) is 5.26. The summed E-state index contributed by atoms with van der Waals surface area (Å²) >= 11 is 7.18. The number of thiazole rings is 1. The first-order chi connectivity index (χ1) is 16.8. The lowest BCUT2D eigenvalue weighted by molar-refractivity contribution is -0.120. The van der Waals surface area contributed by atoms with Crippen molar-refractivity contribution in [2.75, 3.05) is 25.5 Å². The van der Waals surface area contributed by atoms with Gasteiger partial charge < -0.3 is 14.5 Å². The number of halogens is 1. The molecule has 8 nitrogen and oxygen atoms in total. The average Bonchev–Trinajstić information content (AvgIpc) is 3.51. The summed E-state index contributed by atoms with van der Waals surface area (Å²) in [6.07, 6.45) is 0.862. The number of furan rings is 1. The van der Waals surface area contributed by atoms with Gasteiger partial charge >= 0.3 is 0 Å². The van der Waals surface area contributed by atoms with Gasteiger partial charge in [-0.2, -0.15) is 4.31 Å². The van der Waals surface area contributed by atoms with E-state index in [0.717, 1.165) is 5.39 Å². The van der Waals surface area contributed by atoms with Crippen molar-refractivity contribution in [1.82, 2.24) is 9.29 Å². The van der Waals surface area contributed by atoms with Crippen LogP contribution in [0, 0.1) is 5.92 Å². The number of hydrogen-bond donors (Lipinski definition) is 1. The van der Waals surface area contributed by atoms with Crippen molar-refractivity contribution in [1.29, 1.82) is 0 Å². The summed E-state index contributed by atoms with van der Waals surface area (Å²) < 4.78 is 38.4. The van der Waals surface area contributed by atoms with Gasteiger partial charge in [0.1, 0.15) is 5.69 Å². The van der Waals surface area contributed by atoms with Crippen molar-refractivity contribution >= 4 is 55.0 Å². The summed E-state index contributed by atoms with van der Waals surface area (Å²) in [6, 6.07) is 13.6. The van der Waals surface area contributed by atoms with Crippen LogP contribution in [-0.4, -0.2) is 43.8 Å². The van der Waals surface area contributed by atoms with E-state index in [9.17, 15) is 13.2 Å². The second-order valence-electron chi connectivity index (χ2n) is 8.15. The molecule has 1 aliphatic heterocycles. The number of sulfonamides is 1. The van der Waals surface area contributed by atoms with Crippen LogP contribution in [0.25, 0.3) is 22.4 Å². The van der Waals surface area contributed by atoms with E-state index < -0.39 is 10.0 Å². The quantitative estimate of drug-likeness (QED) is 0.364. The molecular weight excluding hydrogens is 510 g/mol. The van der Waals surface area contributed by atoms with Gasteiger partial charge in [-0.15, -0.1) is 11.3 Å². The zero-order valence-electron chi connectivity index (χ0n) is 18.7. The maximum absolute atomic E-state index is 12.9. The molecule has 35 heavy (non-hydrogen) atoms. The van der Waals surface area contributed by atoms with E-state index in [1.54, 1.807) is 19.2 Å². The largest absolute Gasteiger partial charge is 0.493 e. The molecule has 5 rings (SSSR count). The van der Waals surface area contributed by atoms with Gasteiger partial charge in [-0.3, -0.25) is 4.79 Å². The van der Waals surface area contributed by atoms with Crippen molar-refractivity contribution in [2.45, 2.75) is 17.7 Å². The van der Waals surface area contributed by atoms with Crippen molar-refractivity contribution in [3.8, 4) is 17.2 Å². The summed E-state index contributed by atoms with van der Waals surface area (Å²) in [5, 5.41) is 6.53. The molecule has 0 aliphatic carbocycles. The first-order valence-corrected chi connectivity index (χ1v) is 13.6. The molecule has 1 N–H and O–H groups in total. The number of rotatable bonds is 6. The second-order valence-corrected chi connectivity index (χ2v) is 11.4. The number of hydrogen-bond acceptors (Lipinski definition) is 7. The zero-order chi connectivity index (χ0) is 24.6. The molecule has 0 saturated carbocycles. The Labute approximate surface area is 211 Å². The van der Waals surface area contributed by atoms with Gasteiger partial charge in [-0.05, 0) is 49.2 Å². The van der Waals surface area contributed by atoms with E-state index >= 15 is 0 Å². The monoisotopic (exact) mass is 531 g/mol. The van der Waals surface area contributed by atoms with E-state index in [-0.39, 0.29) is 29.8 Å². The minimum absolute atomic E-state index is 0.166. The number of benzene rings is 2. The van der Waals surface area contributed by atoms with Gasteiger partial charge in [0.2, 0.25) is 15.9 Å². The lowest BCUT2D eigenvalue weighted by Crippen LogP contribution is -2.41. The Morgan fingerprint density at radius 2 is 1.94 bits per heavy atom. The molecule has 182 valence electrons. The van der Waals surface area contributed by atoms with Crippen LogP contribution in [-0.2, 0) is 14.8 Å². The van der Waals surface area contributed by atoms with Crippen LogP contribution >= 0.6 is 22.9 Å². The standard InChI is InChI=1S/C24H22ClN3O5S2/c1-32-20-4-2-3-16-13-21(33-22(16)20)19-14-34-24(26-19)27-23(29)15-9-11-28(12-10-15)35(30,31)18-7-5-17(25)6-8-18/h2-8,13-15H,9-12H2,1H3,(H,26,27,29). The van der Waals surface area contributed by atoms with E-state index in [2.05, 4.69) is 10.3 Å². The number of aromatic nitrogens is 1. The van der Waals surface area contributed by atoms with Crippen LogP contribution in [0.4, 0.5) is 5.13 Å². The van der Waals surface area contributed by atoms with Gasteiger partial charge in [0, 0.05) is 34.8 Å². The topological polar surface area (TPSA) is 102 Å². The molecule has 0 radical (unpaired) electrons. The van der Waals surface area contributed by atoms with Crippen molar-refractivity contribution in [3.63, 3.8) is 0 Å². The normalized spacial score (nSPS) is 15.4. The molecule has 0 atom stereocenters. The third-order valence-corrected chi connectivity index (χ3v) is 8.91. The van der Waals surface area contributed by atoms with Crippen LogP contribution in [0.2, 0.25) is 5.02 Å². The fourth-order valence-electron chi connectivity index (χ4n) is 4.09. The average molecular weight is 532 g/mol. The van der Waals surface area contributed by atoms with E-state index in [4.69, 9.17) is 20.8 Å². The zero-order valence-corrected chi connectivity index (χ0v) is 21.1. The summed E-state index contributed by atoms with van der Waals surface area (Å²) in [7, 11) is -2.03. The van der Waals surface area contributed by atoms with Crippen LogP contribution in [0.3, 0.4) is 0 Å². The third-order valence-electron chi connectivity index (χ3n) is 5.99. The Morgan fingerprint density at radius 3 is 2.66 bits per heavy atom. The highest BCUT2D eigenvalue weighted by molar-refractivity contribution is 7.89. The molecule has 2 aromatic heterocycles. The number of methoxy groups -OCH3 is 1. The van der Waals surface area contributed by atoms with E-state index in [1.165, 1.54) is 27.8 Å². The summed E-state index contributed by atoms with van der Waals surface area (Å²) in [6.45, 7) is 0.542. The molecule has 0 unspecified atom stereocenters. The molecule has 2 aromatic carbocycles.